The molecule has 28 heavy (non-hydrogen) atoms. The van der Waals surface area contributed by atoms with Crippen molar-refractivity contribution in [3.63, 3.8) is 0 Å². The second kappa shape index (κ2) is 7.25. The lowest BCUT2D eigenvalue weighted by atomic mass is 10.1. The van der Waals surface area contributed by atoms with Gasteiger partial charge in [0.2, 0.25) is 0 Å². The molecule has 0 spiro atoms. The quantitative estimate of drug-likeness (QED) is 0.225. The van der Waals surface area contributed by atoms with Gasteiger partial charge in [0.25, 0.3) is 11.5 Å². The molecular weight excluding hydrogens is 370 g/mol. The van der Waals surface area contributed by atoms with E-state index < -0.39 is 4.92 Å². The largest absolute Gasteiger partial charge is 0.733 e. The highest BCUT2D eigenvalue weighted by Crippen LogP contribution is 2.31. The molecule has 0 saturated heterocycles. The number of hydrogen-bond donors (Lipinski definition) is 0. The number of rotatable bonds is 4. The van der Waals surface area contributed by atoms with Gasteiger partial charge in [0.05, 0.1) is 17.5 Å². The first kappa shape index (κ1) is 17.9. The normalized spacial score (nSPS) is 10.8. The molecule has 4 rings (SSSR count). The molecule has 1 aromatic heterocycles. The third-order valence-electron chi connectivity index (χ3n) is 4.65. The van der Waals surface area contributed by atoms with Gasteiger partial charge in [-0.15, -0.1) is 0 Å². The highest BCUT2D eigenvalue weighted by Gasteiger charge is 2.26. The van der Waals surface area contributed by atoms with Crippen LogP contribution < -0.4 is 4.57 Å². The van der Waals surface area contributed by atoms with Crippen LogP contribution in [0.2, 0.25) is 0 Å². The van der Waals surface area contributed by atoms with E-state index in [2.05, 4.69) is 0 Å². The van der Waals surface area contributed by atoms with Crippen molar-refractivity contribution in [3.8, 4) is 28.3 Å². The second-order valence-corrected chi connectivity index (χ2v) is 6.77. The van der Waals surface area contributed by atoms with E-state index in [0.29, 0.717) is 10.6 Å². The molecule has 0 N–H and O–H groups in total. The van der Waals surface area contributed by atoms with Gasteiger partial charge in [-0.1, -0.05) is 48.5 Å². The molecule has 0 unspecified atom stereocenters. The number of hydrogen-bond acceptors (Lipinski definition) is 3. The summed E-state index contributed by atoms with van der Waals surface area (Å²) < 4.78 is 4.02. The molecule has 0 atom stereocenters. The van der Waals surface area contributed by atoms with Crippen LogP contribution in [0.4, 0.5) is 5.69 Å². The number of nitrogens with zero attached hydrogens (tertiary/aromatic N) is 3. The maximum Gasteiger partial charge on any atom is 0.292 e. The maximum atomic E-state index is 11.2. The van der Waals surface area contributed by atoms with Gasteiger partial charge < -0.3 is 12.6 Å². The Morgan fingerprint density at radius 2 is 1.50 bits per heavy atom. The smallest absolute Gasteiger partial charge is 0.292 e. The minimum atomic E-state index is -0.390. The number of aromatic nitrogens is 2. The van der Waals surface area contributed by atoms with Crippen molar-refractivity contribution in [1.82, 2.24) is 4.57 Å². The lowest BCUT2D eigenvalue weighted by Gasteiger charge is -2.08. The Morgan fingerprint density at radius 1 is 0.893 bits per heavy atom. The summed E-state index contributed by atoms with van der Waals surface area (Å²) in [5.41, 5.74) is 3.48. The zero-order chi connectivity index (χ0) is 19.7. The second-order valence-electron chi connectivity index (χ2n) is 6.38. The van der Waals surface area contributed by atoms with Gasteiger partial charge in [0.1, 0.15) is 5.69 Å². The summed E-state index contributed by atoms with van der Waals surface area (Å²) in [7, 11) is 1.94. The van der Waals surface area contributed by atoms with E-state index in [1.165, 1.54) is 6.07 Å². The molecule has 0 fully saturated rings. The Morgan fingerprint density at radius 3 is 2.14 bits per heavy atom. The Labute approximate surface area is 168 Å². The molecule has 0 aliphatic rings. The molecule has 3 aromatic carbocycles. The van der Waals surface area contributed by atoms with Gasteiger partial charge in [0, 0.05) is 22.7 Å². The summed E-state index contributed by atoms with van der Waals surface area (Å²) in [6, 6.07) is 26.5. The van der Waals surface area contributed by atoms with Crippen molar-refractivity contribution < 1.29 is 9.49 Å². The van der Waals surface area contributed by atoms with Gasteiger partial charge in [-0.3, -0.25) is 10.1 Å². The molecule has 4 aromatic rings. The SMILES string of the molecule is C[n+]1c(-c2cccc([N+](=O)[O-])c2)c([S-])n(-c2ccccc2)c1-c1ccccc1. The van der Waals surface area contributed by atoms with Crippen molar-refractivity contribution in [2.24, 2.45) is 7.05 Å². The lowest BCUT2D eigenvalue weighted by Crippen LogP contribution is -2.32. The van der Waals surface area contributed by atoms with Crippen molar-refractivity contribution in [2.75, 3.05) is 0 Å². The van der Waals surface area contributed by atoms with E-state index in [1.807, 2.05) is 82.9 Å². The molecule has 1 heterocycles. The van der Waals surface area contributed by atoms with Gasteiger partial charge in [-0.05, 0) is 24.3 Å². The number of nitro benzene ring substituents is 1. The fourth-order valence-electron chi connectivity index (χ4n) is 3.41. The predicted octanol–water partition coefficient (Wildman–Crippen LogP) is 4.45. The van der Waals surface area contributed by atoms with Crippen LogP contribution in [0, 0.1) is 10.1 Å². The molecule has 0 bridgehead atoms. The van der Waals surface area contributed by atoms with E-state index in [4.69, 9.17) is 12.6 Å². The van der Waals surface area contributed by atoms with Gasteiger partial charge in [0.15, 0.2) is 5.69 Å². The average Bonchev–Trinajstić information content (AvgIpc) is 2.99. The van der Waals surface area contributed by atoms with Gasteiger partial charge >= 0.3 is 0 Å². The molecular formula is C22H17N3O2S. The minimum absolute atomic E-state index is 0.0422. The first-order valence-corrected chi connectivity index (χ1v) is 9.16. The third kappa shape index (κ3) is 3.04. The van der Waals surface area contributed by atoms with Crippen molar-refractivity contribution in [2.45, 2.75) is 5.03 Å². The summed E-state index contributed by atoms with van der Waals surface area (Å²) in [6.45, 7) is 0. The standard InChI is InChI=1S/C22H17N3O2S/c1-23-20(17-11-8-14-19(15-17)25(26)27)22(28)24(18-12-6-3-7-13-18)21(23)16-9-4-2-5-10-16/h2-15H,1H3. The first-order valence-electron chi connectivity index (χ1n) is 8.75. The summed E-state index contributed by atoms with van der Waals surface area (Å²) in [4.78, 5) is 10.8. The number of benzene rings is 3. The molecule has 6 heteroatoms. The Kier molecular flexibility index (Phi) is 4.63. The van der Waals surface area contributed by atoms with Crippen molar-refractivity contribution in [3.05, 3.63) is 95.0 Å². The summed E-state index contributed by atoms with van der Waals surface area (Å²) in [5, 5.41) is 11.8. The molecule has 0 amide bonds. The number of nitro groups is 1. The Balaban J connectivity index is 2.03. The first-order chi connectivity index (χ1) is 13.6. The van der Waals surface area contributed by atoms with Crippen LogP contribution in [-0.4, -0.2) is 9.49 Å². The summed E-state index contributed by atoms with van der Waals surface area (Å²) in [5.74, 6) is 0.915. The Bertz CT molecular complexity index is 1090. The fraction of sp³-hybridized carbons (Fsp3) is 0.0455. The highest BCUT2D eigenvalue weighted by atomic mass is 32.1. The molecule has 0 radical (unpaired) electrons. The number of imidazole rings is 1. The topological polar surface area (TPSA) is 51.9 Å². The van der Waals surface area contributed by atoms with E-state index in [-0.39, 0.29) is 5.69 Å². The molecule has 0 aliphatic carbocycles. The van der Waals surface area contributed by atoms with E-state index in [9.17, 15) is 10.1 Å². The van der Waals surface area contributed by atoms with E-state index in [0.717, 1.165) is 22.8 Å². The zero-order valence-corrected chi connectivity index (χ0v) is 16.0. The van der Waals surface area contributed by atoms with Crippen molar-refractivity contribution >= 4 is 18.3 Å². The van der Waals surface area contributed by atoms with Crippen LogP contribution in [0.3, 0.4) is 0 Å². The third-order valence-corrected chi connectivity index (χ3v) is 5.02. The molecule has 138 valence electrons. The molecule has 5 nitrogen and oxygen atoms in total. The predicted molar refractivity (Wildman–Crippen MR) is 110 cm³/mol. The fourth-order valence-corrected chi connectivity index (χ4v) is 3.86. The van der Waals surface area contributed by atoms with Crippen LogP contribution in [0.25, 0.3) is 28.3 Å². The van der Waals surface area contributed by atoms with Crippen LogP contribution in [0.5, 0.6) is 0 Å². The lowest BCUT2D eigenvalue weighted by molar-refractivity contribution is -0.649. The van der Waals surface area contributed by atoms with Gasteiger partial charge in [-0.25, -0.2) is 9.13 Å². The van der Waals surface area contributed by atoms with Crippen molar-refractivity contribution in [1.29, 1.82) is 0 Å². The van der Waals surface area contributed by atoms with E-state index in [1.54, 1.807) is 12.1 Å². The minimum Gasteiger partial charge on any atom is -0.733 e. The van der Waals surface area contributed by atoms with Crippen LogP contribution in [-0.2, 0) is 19.7 Å². The summed E-state index contributed by atoms with van der Waals surface area (Å²) in [6.07, 6.45) is 0. The average molecular weight is 387 g/mol. The molecule has 0 aliphatic heterocycles. The number of non-ortho nitro benzene ring substituents is 1. The van der Waals surface area contributed by atoms with Crippen LogP contribution >= 0.6 is 0 Å². The monoisotopic (exact) mass is 387 g/mol. The van der Waals surface area contributed by atoms with Crippen LogP contribution in [0.15, 0.2) is 90.0 Å². The summed E-state index contributed by atoms with van der Waals surface area (Å²) >= 11 is 5.85. The Hall–Kier alpha value is -3.51. The maximum absolute atomic E-state index is 11.2. The zero-order valence-electron chi connectivity index (χ0n) is 15.1. The van der Waals surface area contributed by atoms with Crippen LogP contribution in [0.1, 0.15) is 0 Å². The highest BCUT2D eigenvalue weighted by molar-refractivity contribution is 7.58. The molecule has 0 saturated carbocycles. The van der Waals surface area contributed by atoms with Gasteiger partial charge in [-0.2, -0.15) is 0 Å². The number of para-hydroxylation sites is 1. The van der Waals surface area contributed by atoms with E-state index >= 15 is 0 Å².